The predicted molar refractivity (Wildman–Crippen MR) is 78.6 cm³/mol. The average molecular weight is 298 g/mol. The summed E-state index contributed by atoms with van der Waals surface area (Å²) in [5.74, 6) is 0.111. The summed E-state index contributed by atoms with van der Waals surface area (Å²) in [5.41, 5.74) is 5.62. The highest BCUT2D eigenvalue weighted by atomic mass is 35.5. The number of halogens is 2. The topological polar surface area (TPSA) is 49.6 Å². The zero-order chi connectivity index (χ0) is 11.5. The van der Waals surface area contributed by atoms with Gasteiger partial charge in [0, 0.05) is 19.1 Å². The second kappa shape index (κ2) is 8.20. The highest BCUT2D eigenvalue weighted by Crippen LogP contribution is 2.21. The number of amides is 1. The van der Waals surface area contributed by atoms with Crippen molar-refractivity contribution in [2.24, 2.45) is 5.73 Å². The molecule has 0 radical (unpaired) electrons. The third-order valence-corrected chi connectivity index (χ3v) is 3.82. The first-order valence-corrected chi connectivity index (χ1v) is 6.47. The van der Waals surface area contributed by atoms with Gasteiger partial charge in [0.2, 0.25) is 5.91 Å². The average Bonchev–Trinajstić information content (AvgIpc) is 2.81. The number of hydrogen-bond donors (Lipinski definition) is 1. The summed E-state index contributed by atoms with van der Waals surface area (Å²) in [6.45, 7) is 6.07. The van der Waals surface area contributed by atoms with Crippen LogP contribution in [0, 0.1) is 0 Å². The molecule has 1 unspecified atom stereocenters. The van der Waals surface area contributed by atoms with E-state index < -0.39 is 0 Å². The van der Waals surface area contributed by atoms with Crippen LogP contribution in [0.3, 0.4) is 0 Å². The maximum Gasteiger partial charge on any atom is 0.239 e. The first kappa shape index (κ1) is 18.0. The van der Waals surface area contributed by atoms with Crippen molar-refractivity contribution >= 4 is 30.7 Å². The molecule has 0 aromatic heterocycles. The van der Waals surface area contributed by atoms with Gasteiger partial charge in [-0.05, 0) is 45.7 Å². The molecular weight excluding hydrogens is 273 g/mol. The Morgan fingerprint density at radius 1 is 1.11 bits per heavy atom. The van der Waals surface area contributed by atoms with Gasteiger partial charge < -0.3 is 15.5 Å². The number of nitrogens with zero attached hydrogens (tertiary/aromatic N) is 2. The Morgan fingerprint density at radius 2 is 1.61 bits per heavy atom. The lowest BCUT2D eigenvalue weighted by Crippen LogP contribution is -2.49. The molecule has 0 aliphatic carbocycles. The van der Waals surface area contributed by atoms with Gasteiger partial charge in [0.25, 0.3) is 0 Å². The third-order valence-electron chi connectivity index (χ3n) is 3.82. The van der Waals surface area contributed by atoms with Gasteiger partial charge in [-0.3, -0.25) is 4.79 Å². The van der Waals surface area contributed by atoms with Gasteiger partial charge in [-0.15, -0.1) is 24.8 Å². The Morgan fingerprint density at radius 3 is 2.06 bits per heavy atom. The maximum absolute atomic E-state index is 11.7. The first-order chi connectivity index (χ1) is 7.68. The van der Waals surface area contributed by atoms with Crippen LogP contribution in [0.5, 0.6) is 0 Å². The molecule has 0 saturated carbocycles. The highest BCUT2D eigenvalue weighted by Gasteiger charge is 2.28. The molecule has 1 amide bonds. The minimum absolute atomic E-state index is 0. The molecule has 0 bridgehead atoms. The molecule has 18 heavy (non-hydrogen) atoms. The minimum Gasteiger partial charge on any atom is -0.341 e. The molecule has 2 heterocycles. The Kier molecular flexibility index (Phi) is 8.19. The second-order valence-corrected chi connectivity index (χ2v) is 5.09. The Bertz CT molecular complexity index is 250. The summed E-state index contributed by atoms with van der Waals surface area (Å²) in [6, 6.07) is 0.364. The van der Waals surface area contributed by atoms with Crippen molar-refractivity contribution in [2.45, 2.75) is 44.7 Å². The molecule has 108 valence electrons. The number of rotatable bonds is 2. The van der Waals surface area contributed by atoms with Crippen molar-refractivity contribution in [3.05, 3.63) is 0 Å². The number of likely N-dealkylation sites (tertiary alicyclic amines) is 2. The van der Waals surface area contributed by atoms with Crippen molar-refractivity contribution in [1.82, 2.24) is 9.80 Å². The lowest BCUT2D eigenvalue weighted by atomic mass is 10.0. The summed E-state index contributed by atoms with van der Waals surface area (Å²) >= 11 is 0. The summed E-state index contributed by atoms with van der Waals surface area (Å²) in [7, 11) is 0. The molecule has 1 atom stereocenters. The zero-order valence-electron chi connectivity index (χ0n) is 11.0. The molecule has 6 heteroatoms. The fourth-order valence-corrected chi connectivity index (χ4v) is 2.85. The van der Waals surface area contributed by atoms with Crippen molar-refractivity contribution in [3.63, 3.8) is 0 Å². The molecule has 2 fully saturated rings. The quantitative estimate of drug-likeness (QED) is 0.835. The van der Waals surface area contributed by atoms with Crippen LogP contribution in [0.15, 0.2) is 0 Å². The van der Waals surface area contributed by atoms with Gasteiger partial charge in [-0.2, -0.15) is 0 Å². The van der Waals surface area contributed by atoms with Gasteiger partial charge in [-0.1, -0.05) is 0 Å². The van der Waals surface area contributed by atoms with Gasteiger partial charge in [0.05, 0.1) is 6.04 Å². The molecule has 0 aromatic carbocycles. The third kappa shape index (κ3) is 4.26. The van der Waals surface area contributed by atoms with Crippen LogP contribution < -0.4 is 5.73 Å². The molecule has 0 aromatic rings. The molecule has 4 nitrogen and oxygen atoms in total. The molecule has 2 aliphatic heterocycles. The van der Waals surface area contributed by atoms with Crippen LogP contribution in [0.1, 0.15) is 32.6 Å². The summed E-state index contributed by atoms with van der Waals surface area (Å²) in [6.07, 6.45) is 4.94. The molecule has 2 saturated heterocycles. The van der Waals surface area contributed by atoms with Crippen LogP contribution in [0.2, 0.25) is 0 Å². The van der Waals surface area contributed by atoms with E-state index in [4.69, 9.17) is 5.73 Å². The van der Waals surface area contributed by atoms with Crippen LogP contribution in [-0.2, 0) is 4.79 Å². The monoisotopic (exact) mass is 297 g/mol. The van der Waals surface area contributed by atoms with Crippen LogP contribution >= 0.6 is 24.8 Å². The first-order valence-electron chi connectivity index (χ1n) is 6.47. The van der Waals surface area contributed by atoms with Gasteiger partial charge in [-0.25, -0.2) is 0 Å². The highest BCUT2D eigenvalue weighted by molar-refractivity contribution is 5.85. The Balaban J connectivity index is 0.00000144. The summed E-state index contributed by atoms with van der Waals surface area (Å²) in [5, 5.41) is 0. The van der Waals surface area contributed by atoms with Crippen molar-refractivity contribution in [1.29, 1.82) is 0 Å². The van der Waals surface area contributed by atoms with E-state index in [0.29, 0.717) is 6.04 Å². The zero-order valence-corrected chi connectivity index (χ0v) is 12.6. The largest absolute Gasteiger partial charge is 0.341 e. The minimum atomic E-state index is -0.344. The van der Waals surface area contributed by atoms with Gasteiger partial charge in [0.1, 0.15) is 0 Å². The predicted octanol–water partition coefficient (Wildman–Crippen LogP) is 1.26. The van der Waals surface area contributed by atoms with Crippen molar-refractivity contribution < 1.29 is 4.79 Å². The smallest absolute Gasteiger partial charge is 0.239 e. The number of carbonyl (C=O) groups excluding carboxylic acids is 1. The fraction of sp³-hybridized carbons (Fsp3) is 0.917. The van der Waals surface area contributed by atoms with E-state index in [-0.39, 0.29) is 36.8 Å². The SMILES string of the molecule is CC(N)C(=O)N1CCC(N2CCCC2)CC1.Cl.Cl. The van der Waals surface area contributed by atoms with Gasteiger partial charge in [0.15, 0.2) is 0 Å². The molecule has 0 spiro atoms. The molecule has 2 rings (SSSR count). The number of carbonyl (C=O) groups is 1. The fourth-order valence-electron chi connectivity index (χ4n) is 2.85. The van der Waals surface area contributed by atoms with E-state index >= 15 is 0 Å². The van der Waals surface area contributed by atoms with Crippen LogP contribution in [0.25, 0.3) is 0 Å². The van der Waals surface area contributed by atoms with E-state index in [9.17, 15) is 4.79 Å². The van der Waals surface area contributed by atoms with Crippen LogP contribution in [-0.4, -0.2) is 54.0 Å². The second-order valence-electron chi connectivity index (χ2n) is 5.09. The van der Waals surface area contributed by atoms with Crippen molar-refractivity contribution in [2.75, 3.05) is 26.2 Å². The van der Waals surface area contributed by atoms with E-state index in [0.717, 1.165) is 25.9 Å². The summed E-state index contributed by atoms with van der Waals surface area (Å²) < 4.78 is 0. The lowest BCUT2D eigenvalue weighted by molar-refractivity contribution is -0.133. The van der Waals surface area contributed by atoms with Gasteiger partial charge >= 0.3 is 0 Å². The Labute approximate surface area is 122 Å². The number of hydrogen-bond acceptors (Lipinski definition) is 3. The van der Waals surface area contributed by atoms with E-state index in [1.54, 1.807) is 6.92 Å². The Hall–Kier alpha value is -0.0300. The lowest BCUT2D eigenvalue weighted by Gasteiger charge is -2.37. The molecule has 2 N–H and O–H groups in total. The number of nitrogens with two attached hydrogens (primary N) is 1. The van der Waals surface area contributed by atoms with Crippen LogP contribution in [0.4, 0.5) is 0 Å². The normalized spacial score (nSPS) is 23.1. The summed E-state index contributed by atoms with van der Waals surface area (Å²) in [4.78, 5) is 16.2. The van der Waals surface area contributed by atoms with Crippen molar-refractivity contribution in [3.8, 4) is 0 Å². The molecule has 2 aliphatic rings. The maximum atomic E-state index is 11.7. The molecular formula is C12H25Cl2N3O. The standard InChI is InChI=1S/C12H23N3O.2ClH/c1-10(13)12(16)15-8-4-11(5-9-15)14-6-2-3-7-14;;/h10-11H,2-9,13H2,1H3;2*1H. The van der Waals surface area contributed by atoms with E-state index in [1.807, 2.05) is 4.90 Å². The van der Waals surface area contributed by atoms with E-state index in [1.165, 1.54) is 25.9 Å². The number of piperidine rings is 1. The van der Waals surface area contributed by atoms with E-state index in [2.05, 4.69) is 4.90 Å².